The van der Waals surface area contributed by atoms with Gasteiger partial charge in [-0.1, -0.05) is 30.3 Å². The van der Waals surface area contributed by atoms with Crippen LogP contribution in [0.15, 0.2) is 78.9 Å². The van der Waals surface area contributed by atoms with Crippen LogP contribution < -0.4 is 19.4 Å². The van der Waals surface area contributed by atoms with E-state index >= 15 is 0 Å². The summed E-state index contributed by atoms with van der Waals surface area (Å²) in [4.78, 5) is 34.2. The predicted molar refractivity (Wildman–Crippen MR) is 119 cm³/mol. The Hall–Kier alpha value is -3.84. The molecule has 0 saturated carbocycles. The van der Waals surface area contributed by atoms with E-state index in [9.17, 15) is 9.59 Å². The largest absolute Gasteiger partial charge is 0.497 e. The first kappa shape index (κ1) is 20.1. The SMILES string of the molecule is COc1ccc([C@@H]2[C@H]3C(=O)N(c4ccccc4)C(=O)[C@H]3ON2c2ccc(OC)cc2)cc1. The highest BCUT2D eigenvalue weighted by Crippen LogP contribution is 2.47. The minimum atomic E-state index is -0.906. The topological polar surface area (TPSA) is 68.3 Å². The van der Waals surface area contributed by atoms with Crippen LogP contribution >= 0.6 is 0 Å². The Kier molecular flexibility index (Phi) is 5.03. The second-order valence-corrected chi connectivity index (χ2v) is 7.64. The number of imide groups is 1. The third kappa shape index (κ3) is 3.18. The van der Waals surface area contributed by atoms with E-state index in [-0.39, 0.29) is 11.8 Å². The fourth-order valence-electron chi connectivity index (χ4n) is 4.34. The van der Waals surface area contributed by atoms with Gasteiger partial charge < -0.3 is 9.47 Å². The van der Waals surface area contributed by atoms with Crippen molar-refractivity contribution in [1.82, 2.24) is 0 Å². The van der Waals surface area contributed by atoms with E-state index in [0.717, 1.165) is 11.3 Å². The molecule has 2 fully saturated rings. The molecule has 2 aliphatic heterocycles. The van der Waals surface area contributed by atoms with Crippen molar-refractivity contribution < 1.29 is 23.9 Å². The third-order valence-corrected chi connectivity index (χ3v) is 5.91. The number of hydrogen-bond donors (Lipinski definition) is 0. The van der Waals surface area contributed by atoms with Crippen LogP contribution in [-0.2, 0) is 14.4 Å². The molecule has 0 spiro atoms. The zero-order chi connectivity index (χ0) is 22.2. The normalized spacial score (nSPS) is 22.2. The van der Waals surface area contributed by atoms with Gasteiger partial charge >= 0.3 is 0 Å². The summed E-state index contributed by atoms with van der Waals surface area (Å²) in [6.07, 6.45) is -0.906. The molecule has 0 unspecified atom stereocenters. The van der Waals surface area contributed by atoms with Gasteiger partial charge in [-0.25, -0.2) is 9.96 Å². The number of carbonyl (C=O) groups is 2. The van der Waals surface area contributed by atoms with Crippen molar-refractivity contribution >= 4 is 23.2 Å². The summed E-state index contributed by atoms with van der Waals surface area (Å²) in [5.41, 5.74) is 2.13. The number of hydroxylamine groups is 1. The van der Waals surface area contributed by atoms with Crippen LogP contribution in [0.25, 0.3) is 0 Å². The minimum Gasteiger partial charge on any atom is -0.497 e. The molecule has 3 aromatic carbocycles. The highest BCUT2D eigenvalue weighted by atomic mass is 16.7. The van der Waals surface area contributed by atoms with Gasteiger partial charge in [-0.3, -0.25) is 14.4 Å². The highest BCUT2D eigenvalue weighted by Gasteiger charge is 2.60. The Labute approximate surface area is 185 Å². The number of rotatable bonds is 5. The van der Waals surface area contributed by atoms with E-state index in [4.69, 9.17) is 14.3 Å². The lowest BCUT2D eigenvalue weighted by Gasteiger charge is -2.29. The van der Waals surface area contributed by atoms with Crippen molar-refractivity contribution in [3.8, 4) is 11.5 Å². The number of fused-ring (bicyclic) bond motifs is 1. The summed E-state index contributed by atoms with van der Waals surface area (Å²) in [6, 6.07) is 23.3. The van der Waals surface area contributed by atoms with Crippen molar-refractivity contribution in [2.24, 2.45) is 5.92 Å². The molecule has 2 aliphatic rings. The third-order valence-electron chi connectivity index (χ3n) is 5.91. The number of benzene rings is 3. The lowest BCUT2D eigenvalue weighted by Crippen LogP contribution is -2.37. The van der Waals surface area contributed by atoms with Gasteiger partial charge in [0, 0.05) is 0 Å². The first-order valence-electron chi connectivity index (χ1n) is 10.3. The number of para-hydroxylation sites is 1. The Bertz CT molecular complexity index is 1130. The summed E-state index contributed by atoms with van der Waals surface area (Å²) >= 11 is 0. The summed E-state index contributed by atoms with van der Waals surface area (Å²) < 4.78 is 10.5. The summed E-state index contributed by atoms with van der Waals surface area (Å²) in [5, 5.41) is 1.66. The van der Waals surface area contributed by atoms with Gasteiger partial charge in [0.05, 0.1) is 31.6 Å². The molecule has 3 atom stereocenters. The maximum atomic E-state index is 13.5. The van der Waals surface area contributed by atoms with E-state index in [2.05, 4.69) is 0 Å². The van der Waals surface area contributed by atoms with Crippen molar-refractivity contribution in [2.75, 3.05) is 24.2 Å². The number of anilines is 2. The van der Waals surface area contributed by atoms with Crippen LogP contribution in [0.3, 0.4) is 0 Å². The molecule has 162 valence electrons. The van der Waals surface area contributed by atoms with Crippen molar-refractivity contribution in [1.29, 1.82) is 0 Å². The molecule has 2 amide bonds. The molecule has 7 nitrogen and oxygen atoms in total. The van der Waals surface area contributed by atoms with Crippen molar-refractivity contribution in [3.63, 3.8) is 0 Å². The maximum absolute atomic E-state index is 13.5. The summed E-state index contributed by atoms with van der Waals surface area (Å²) in [5.74, 6) is 0.0958. The van der Waals surface area contributed by atoms with Crippen LogP contribution in [0.4, 0.5) is 11.4 Å². The average Bonchev–Trinajstić information content (AvgIpc) is 3.35. The number of amides is 2. The van der Waals surface area contributed by atoms with E-state index < -0.39 is 18.1 Å². The minimum absolute atomic E-state index is 0.275. The Morgan fingerprint density at radius 3 is 1.91 bits per heavy atom. The zero-order valence-electron chi connectivity index (χ0n) is 17.7. The van der Waals surface area contributed by atoms with E-state index in [1.54, 1.807) is 43.5 Å². The van der Waals surface area contributed by atoms with Gasteiger partial charge in [-0.05, 0) is 54.1 Å². The molecule has 5 rings (SSSR count). The fraction of sp³-hybridized carbons (Fsp3) is 0.200. The monoisotopic (exact) mass is 430 g/mol. The molecule has 2 heterocycles. The van der Waals surface area contributed by atoms with Crippen LogP contribution in [0, 0.1) is 5.92 Å². The van der Waals surface area contributed by atoms with Crippen LogP contribution in [0.1, 0.15) is 11.6 Å². The lowest BCUT2D eigenvalue weighted by molar-refractivity contribution is -0.126. The quantitative estimate of drug-likeness (QED) is 0.575. The second-order valence-electron chi connectivity index (χ2n) is 7.64. The Balaban J connectivity index is 1.56. The molecule has 0 aliphatic carbocycles. The van der Waals surface area contributed by atoms with Crippen molar-refractivity contribution in [2.45, 2.75) is 12.1 Å². The molecule has 7 heteroatoms. The first-order chi connectivity index (χ1) is 15.6. The first-order valence-corrected chi connectivity index (χ1v) is 10.3. The molecule has 0 aromatic heterocycles. The van der Waals surface area contributed by atoms with E-state index in [0.29, 0.717) is 17.2 Å². The number of carbonyl (C=O) groups excluding carboxylic acids is 2. The molecule has 0 radical (unpaired) electrons. The number of nitrogens with zero attached hydrogens (tertiary/aromatic N) is 2. The molecule has 0 bridgehead atoms. The molecule has 32 heavy (non-hydrogen) atoms. The summed E-state index contributed by atoms with van der Waals surface area (Å²) in [7, 11) is 3.20. The van der Waals surface area contributed by atoms with Crippen molar-refractivity contribution in [3.05, 3.63) is 84.4 Å². The van der Waals surface area contributed by atoms with E-state index in [1.165, 1.54) is 4.90 Å². The predicted octanol–water partition coefficient (Wildman–Crippen LogP) is 3.75. The van der Waals surface area contributed by atoms with Gasteiger partial charge in [-0.2, -0.15) is 0 Å². The highest BCUT2D eigenvalue weighted by molar-refractivity contribution is 6.23. The van der Waals surface area contributed by atoms with Crippen LogP contribution in [0.2, 0.25) is 0 Å². The van der Waals surface area contributed by atoms with Gasteiger partial charge in [0.25, 0.3) is 5.91 Å². The average molecular weight is 430 g/mol. The van der Waals surface area contributed by atoms with E-state index in [1.807, 2.05) is 54.6 Å². The molecule has 0 N–H and O–H groups in total. The Morgan fingerprint density at radius 1 is 0.719 bits per heavy atom. The smallest absolute Gasteiger partial charge is 0.266 e. The van der Waals surface area contributed by atoms with Gasteiger partial charge in [-0.15, -0.1) is 0 Å². The van der Waals surface area contributed by atoms with Crippen LogP contribution in [-0.4, -0.2) is 32.1 Å². The standard InChI is InChI=1S/C25H22N2O5/c1-30-19-12-8-16(9-13-19)22-21-23(32-27(22)18-10-14-20(31-2)15-11-18)25(29)26(24(21)28)17-6-4-3-5-7-17/h3-15,21-23H,1-2H3/t21-,22-,23+/m1/s1. The Morgan fingerprint density at radius 2 is 1.31 bits per heavy atom. The number of hydrogen-bond acceptors (Lipinski definition) is 6. The lowest BCUT2D eigenvalue weighted by atomic mass is 9.90. The van der Waals surface area contributed by atoms with Gasteiger partial charge in [0.1, 0.15) is 17.4 Å². The molecule has 3 aromatic rings. The molecule has 2 saturated heterocycles. The summed E-state index contributed by atoms with van der Waals surface area (Å²) in [6.45, 7) is 0. The molecular formula is C25H22N2O5. The van der Waals surface area contributed by atoms with Gasteiger partial charge in [0.2, 0.25) is 5.91 Å². The second kappa shape index (κ2) is 8.01. The van der Waals surface area contributed by atoms with Crippen LogP contribution in [0.5, 0.6) is 11.5 Å². The maximum Gasteiger partial charge on any atom is 0.266 e. The number of ether oxygens (including phenoxy) is 2. The fourth-order valence-corrected chi connectivity index (χ4v) is 4.34. The van der Waals surface area contributed by atoms with Gasteiger partial charge in [0.15, 0.2) is 6.10 Å². The number of methoxy groups -OCH3 is 2. The zero-order valence-corrected chi connectivity index (χ0v) is 17.7. The molecular weight excluding hydrogens is 408 g/mol.